The van der Waals surface area contributed by atoms with Gasteiger partial charge in [0.2, 0.25) is 0 Å². The Morgan fingerprint density at radius 2 is 1.85 bits per heavy atom. The first-order chi connectivity index (χ1) is 11.9. The van der Waals surface area contributed by atoms with E-state index in [0.29, 0.717) is 0 Å². The van der Waals surface area contributed by atoms with Crippen molar-refractivity contribution in [1.82, 2.24) is 0 Å². The molecule has 0 bridgehead atoms. The first-order valence-electron chi connectivity index (χ1n) is 9.87. The van der Waals surface area contributed by atoms with Crippen LogP contribution in [0.25, 0.3) is 0 Å². The van der Waals surface area contributed by atoms with Gasteiger partial charge in [-0.25, -0.2) is 0 Å². The van der Waals surface area contributed by atoms with Gasteiger partial charge in [0.15, 0.2) is 0 Å². The summed E-state index contributed by atoms with van der Waals surface area (Å²) in [7, 11) is 2.43. The fraction of sp³-hybridized carbons (Fsp3) is 0.609. The van der Waals surface area contributed by atoms with Crippen molar-refractivity contribution in [3.05, 3.63) is 47.5 Å². The van der Waals surface area contributed by atoms with Crippen molar-refractivity contribution in [3.8, 4) is 6.07 Å². The third-order valence-corrected chi connectivity index (χ3v) is 6.76. The van der Waals surface area contributed by atoms with Gasteiger partial charge in [-0.3, -0.25) is 0 Å². The summed E-state index contributed by atoms with van der Waals surface area (Å²) in [6.45, 7) is 10.4. The number of piperidine rings is 1. The van der Waals surface area contributed by atoms with Crippen LogP contribution in [0.4, 0.5) is 0 Å². The highest BCUT2D eigenvalue weighted by Crippen LogP contribution is 2.58. The highest BCUT2D eigenvalue weighted by molar-refractivity contribution is 5.33. The van der Waals surface area contributed by atoms with Gasteiger partial charge in [-0.15, -0.1) is 0 Å². The van der Waals surface area contributed by atoms with E-state index in [1.807, 2.05) is 6.07 Å². The fourth-order valence-electron chi connectivity index (χ4n) is 5.12. The molecule has 1 aromatic carbocycles. The predicted octanol–water partition coefficient (Wildman–Crippen LogP) is 1.93. The standard InChI is InChI=1S/C23H33N2.HI/c1-5-23(17-24,19-11-7-6-8-12-19)14-20-21-15-25(4,16-22(20)21)13-9-10-18(2)3;/h6-8,10-12,20-22H,5,9,13-16H2,1-4H3;1H/q+1;/p-1. The van der Waals surface area contributed by atoms with Gasteiger partial charge >= 0.3 is 0 Å². The minimum atomic E-state index is -0.290. The molecule has 0 radical (unpaired) electrons. The molecular weight excluding hydrogens is 431 g/mol. The summed E-state index contributed by atoms with van der Waals surface area (Å²) in [6, 6.07) is 13.2. The molecule has 1 aliphatic carbocycles. The zero-order chi connectivity index (χ0) is 18.1. The van der Waals surface area contributed by atoms with Crippen LogP contribution < -0.4 is 24.0 Å². The zero-order valence-electron chi connectivity index (χ0n) is 16.7. The number of quaternary nitrogens is 1. The second-order valence-electron chi connectivity index (χ2n) is 8.89. The van der Waals surface area contributed by atoms with Crippen molar-refractivity contribution in [3.63, 3.8) is 0 Å². The van der Waals surface area contributed by atoms with E-state index >= 15 is 0 Å². The number of likely N-dealkylation sites (tertiary alicyclic amines) is 1. The molecule has 1 saturated carbocycles. The molecule has 2 aliphatic rings. The van der Waals surface area contributed by atoms with E-state index in [0.717, 1.165) is 30.6 Å². The Bertz CT molecular complexity index is 659. The highest BCUT2D eigenvalue weighted by atomic mass is 127. The lowest BCUT2D eigenvalue weighted by Gasteiger charge is -2.33. The van der Waals surface area contributed by atoms with E-state index in [-0.39, 0.29) is 29.4 Å². The van der Waals surface area contributed by atoms with Crippen LogP contribution >= 0.6 is 0 Å². The fourth-order valence-corrected chi connectivity index (χ4v) is 5.12. The molecule has 3 atom stereocenters. The summed E-state index contributed by atoms with van der Waals surface area (Å²) in [5.74, 6) is 2.45. The molecule has 1 aliphatic heterocycles. The second kappa shape index (κ2) is 8.44. The number of nitrogens with zero attached hydrogens (tertiary/aromatic N) is 2. The maximum Gasteiger partial charge on any atom is 0.0822 e. The van der Waals surface area contributed by atoms with Crippen LogP contribution in [0.15, 0.2) is 42.0 Å². The van der Waals surface area contributed by atoms with Gasteiger partial charge in [0.1, 0.15) is 0 Å². The Morgan fingerprint density at radius 3 is 2.35 bits per heavy atom. The van der Waals surface area contributed by atoms with Gasteiger partial charge in [0.05, 0.1) is 38.2 Å². The maximum absolute atomic E-state index is 9.98. The van der Waals surface area contributed by atoms with Crippen LogP contribution in [0.5, 0.6) is 0 Å². The number of halogens is 1. The Labute approximate surface area is 176 Å². The van der Waals surface area contributed by atoms with Crippen molar-refractivity contribution in [1.29, 1.82) is 5.26 Å². The van der Waals surface area contributed by atoms with Crippen LogP contribution in [0, 0.1) is 29.1 Å². The van der Waals surface area contributed by atoms with Crippen LogP contribution in [-0.2, 0) is 5.41 Å². The molecule has 2 fully saturated rings. The van der Waals surface area contributed by atoms with E-state index in [2.05, 4.69) is 64.2 Å². The molecule has 142 valence electrons. The van der Waals surface area contributed by atoms with Crippen LogP contribution in [0.1, 0.15) is 45.6 Å². The lowest BCUT2D eigenvalue weighted by atomic mass is 9.74. The summed E-state index contributed by atoms with van der Waals surface area (Å²) in [5, 5.41) is 9.98. The Morgan fingerprint density at radius 1 is 1.23 bits per heavy atom. The molecule has 0 aromatic heterocycles. The van der Waals surface area contributed by atoms with Gasteiger partial charge in [-0.1, -0.05) is 48.9 Å². The summed E-state index contributed by atoms with van der Waals surface area (Å²) in [6.07, 6.45) is 5.53. The molecule has 0 N–H and O–H groups in total. The van der Waals surface area contributed by atoms with E-state index in [4.69, 9.17) is 0 Å². The minimum absolute atomic E-state index is 0. The molecule has 26 heavy (non-hydrogen) atoms. The molecule has 1 aromatic rings. The SMILES string of the molecule is CCC(C#N)(CC1C2C[N+](C)(CCC=C(C)C)CC12)c1ccccc1.[I-]. The quantitative estimate of drug-likeness (QED) is 0.344. The molecule has 3 unspecified atom stereocenters. The lowest BCUT2D eigenvalue weighted by molar-refractivity contribution is -0.903. The summed E-state index contributed by atoms with van der Waals surface area (Å²) >= 11 is 0. The molecule has 2 nitrogen and oxygen atoms in total. The average molecular weight is 464 g/mol. The van der Waals surface area contributed by atoms with Crippen LogP contribution in [0.3, 0.4) is 0 Å². The zero-order valence-corrected chi connectivity index (χ0v) is 18.9. The van der Waals surface area contributed by atoms with Crippen molar-refractivity contribution in [2.75, 3.05) is 26.7 Å². The first-order valence-corrected chi connectivity index (χ1v) is 9.87. The van der Waals surface area contributed by atoms with Crippen LogP contribution in [0.2, 0.25) is 0 Å². The predicted molar refractivity (Wildman–Crippen MR) is 104 cm³/mol. The van der Waals surface area contributed by atoms with Crippen molar-refractivity contribution >= 4 is 0 Å². The number of allylic oxidation sites excluding steroid dienone is 1. The number of rotatable bonds is 7. The number of nitriles is 1. The molecule has 1 heterocycles. The lowest BCUT2D eigenvalue weighted by Crippen LogP contribution is -3.00. The van der Waals surface area contributed by atoms with E-state index in [9.17, 15) is 5.26 Å². The minimum Gasteiger partial charge on any atom is -1.00 e. The highest BCUT2D eigenvalue weighted by Gasteiger charge is 2.62. The smallest absolute Gasteiger partial charge is 0.0822 e. The first kappa shape index (κ1) is 21.4. The normalized spacial score (nSPS) is 31.1. The molecule has 0 amide bonds. The van der Waals surface area contributed by atoms with Crippen molar-refractivity contribution in [2.45, 2.75) is 45.4 Å². The third kappa shape index (κ3) is 4.34. The summed E-state index contributed by atoms with van der Waals surface area (Å²) in [4.78, 5) is 0. The van der Waals surface area contributed by atoms with Crippen molar-refractivity contribution < 1.29 is 28.5 Å². The van der Waals surface area contributed by atoms with Gasteiger partial charge < -0.3 is 28.5 Å². The van der Waals surface area contributed by atoms with Crippen LogP contribution in [-0.4, -0.2) is 31.2 Å². The topological polar surface area (TPSA) is 23.8 Å². The van der Waals surface area contributed by atoms with E-state index < -0.39 is 0 Å². The van der Waals surface area contributed by atoms with E-state index in [1.54, 1.807) is 0 Å². The average Bonchev–Trinajstić information content (AvgIpc) is 3.06. The Kier molecular flexibility index (Phi) is 6.96. The number of fused-ring (bicyclic) bond motifs is 1. The number of benzene rings is 1. The molecular formula is C23H33IN2. The van der Waals surface area contributed by atoms with Gasteiger partial charge in [-0.2, -0.15) is 5.26 Å². The molecule has 3 rings (SSSR count). The largest absolute Gasteiger partial charge is 1.00 e. The van der Waals surface area contributed by atoms with Gasteiger partial charge in [0.25, 0.3) is 0 Å². The summed E-state index contributed by atoms with van der Waals surface area (Å²) < 4.78 is 1.23. The Hall–Kier alpha value is -0.860. The monoisotopic (exact) mass is 464 g/mol. The number of hydrogen-bond acceptors (Lipinski definition) is 1. The maximum atomic E-state index is 9.98. The molecule has 3 heteroatoms. The molecule has 0 spiro atoms. The van der Waals surface area contributed by atoms with Crippen molar-refractivity contribution in [2.24, 2.45) is 17.8 Å². The van der Waals surface area contributed by atoms with Gasteiger partial charge in [0, 0.05) is 18.3 Å². The second-order valence-corrected chi connectivity index (χ2v) is 8.89. The number of hydrogen-bond donors (Lipinski definition) is 0. The third-order valence-electron chi connectivity index (χ3n) is 6.76. The van der Waals surface area contributed by atoms with Gasteiger partial charge in [-0.05, 0) is 38.2 Å². The summed E-state index contributed by atoms with van der Waals surface area (Å²) in [5.41, 5.74) is 2.35. The Balaban J connectivity index is 0.00000243. The molecule has 1 saturated heterocycles. The van der Waals surface area contributed by atoms with E-state index in [1.165, 1.54) is 41.7 Å².